The summed E-state index contributed by atoms with van der Waals surface area (Å²) in [6.07, 6.45) is 1.73. The van der Waals surface area contributed by atoms with E-state index in [2.05, 4.69) is 66.8 Å². The van der Waals surface area contributed by atoms with Gasteiger partial charge in [-0.15, -0.1) is 0 Å². The van der Waals surface area contributed by atoms with Gasteiger partial charge in [0.15, 0.2) is 0 Å². The van der Waals surface area contributed by atoms with Crippen LogP contribution in [0.2, 0.25) is 0 Å². The lowest BCUT2D eigenvalue weighted by Crippen LogP contribution is -2.19. The molecule has 0 amide bonds. The number of benzene rings is 1. The van der Waals surface area contributed by atoms with Crippen LogP contribution in [0.25, 0.3) is 11.5 Å². The molecule has 132 valence electrons. The highest BCUT2D eigenvalue weighted by atomic mass is 16.3. The van der Waals surface area contributed by atoms with Crippen molar-refractivity contribution in [3.05, 3.63) is 58.7 Å². The molecule has 0 fully saturated rings. The first kappa shape index (κ1) is 17.4. The predicted octanol–water partition coefficient (Wildman–Crippen LogP) is 4.33. The first-order valence-corrected chi connectivity index (χ1v) is 8.78. The predicted molar refractivity (Wildman–Crippen MR) is 99.3 cm³/mol. The highest BCUT2D eigenvalue weighted by Crippen LogP contribution is 2.23. The van der Waals surface area contributed by atoms with Gasteiger partial charge < -0.3 is 9.73 Å². The summed E-state index contributed by atoms with van der Waals surface area (Å²) in [5.41, 5.74) is 6.70. The summed E-state index contributed by atoms with van der Waals surface area (Å²) >= 11 is 0. The van der Waals surface area contributed by atoms with Crippen LogP contribution in [0, 0.1) is 20.8 Å². The highest BCUT2D eigenvalue weighted by molar-refractivity contribution is 5.53. The van der Waals surface area contributed by atoms with E-state index in [9.17, 15) is 0 Å². The van der Waals surface area contributed by atoms with Crippen molar-refractivity contribution in [1.82, 2.24) is 20.1 Å². The van der Waals surface area contributed by atoms with Crippen molar-refractivity contribution in [3.63, 3.8) is 0 Å². The number of rotatable bonds is 6. The van der Waals surface area contributed by atoms with Crippen molar-refractivity contribution in [2.45, 2.75) is 53.8 Å². The molecule has 1 aromatic carbocycles. The Morgan fingerprint density at radius 1 is 1.16 bits per heavy atom. The van der Waals surface area contributed by atoms with E-state index in [0.29, 0.717) is 12.4 Å². The molecule has 5 nitrogen and oxygen atoms in total. The summed E-state index contributed by atoms with van der Waals surface area (Å²) in [6, 6.07) is 8.41. The molecule has 25 heavy (non-hydrogen) atoms. The smallest absolute Gasteiger partial charge is 0.226 e. The van der Waals surface area contributed by atoms with Crippen molar-refractivity contribution in [1.29, 1.82) is 0 Å². The zero-order valence-electron chi connectivity index (χ0n) is 15.6. The van der Waals surface area contributed by atoms with Crippen LogP contribution < -0.4 is 5.32 Å². The first-order chi connectivity index (χ1) is 12.0. The number of oxazole rings is 1. The average molecular weight is 338 g/mol. The normalized spacial score (nSPS) is 12.5. The molecule has 0 aliphatic rings. The standard InChI is InChI=1S/C20H26N4O/c1-6-24-16(5)19(15(4)23-24)14(3)21-11-18-12-25-20(22-18)17-9-7-13(2)8-10-17/h7-10,12,14,21H,6,11H2,1-5H3/t14-/m1/s1. The highest BCUT2D eigenvalue weighted by Gasteiger charge is 2.17. The third-order valence-corrected chi connectivity index (χ3v) is 4.61. The number of hydrogen-bond acceptors (Lipinski definition) is 4. The molecule has 0 spiro atoms. The summed E-state index contributed by atoms with van der Waals surface area (Å²) in [4.78, 5) is 4.59. The molecule has 1 atom stereocenters. The minimum Gasteiger partial charge on any atom is -0.444 e. The van der Waals surface area contributed by atoms with E-state index in [0.717, 1.165) is 23.5 Å². The number of aromatic nitrogens is 3. The SMILES string of the molecule is CCn1nc(C)c([C@@H](C)NCc2coc(-c3ccc(C)cc3)n2)c1C. The maximum Gasteiger partial charge on any atom is 0.226 e. The van der Waals surface area contributed by atoms with E-state index in [4.69, 9.17) is 4.42 Å². The molecule has 0 unspecified atom stereocenters. The number of nitrogens with one attached hydrogen (secondary N) is 1. The van der Waals surface area contributed by atoms with Gasteiger partial charge in [-0.2, -0.15) is 5.10 Å². The topological polar surface area (TPSA) is 55.9 Å². The van der Waals surface area contributed by atoms with Crippen LogP contribution in [0.5, 0.6) is 0 Å². The molecule has 2 aromatic heterocycles. The van der Waals surface area contributed by atoms with Gasteiger partial charge in [0.2, 0.25) is 5.89 Å². The zero-order chi connectivity index (χ0) is 18.0. The van der Waals surface area contributed by atoms with E-state index in [1.165, 1.54) is 16.8 Å². The lowest BCUT2D eigenvalue weighted by molar-refractivity contribution is 0.549. The average Bonchev–Trinajstić information content (AvgIpc) is 3.18. The van der Waals surface area contributed by atoms with Gasteiger partial charge in [0, 0.05) is 36.0 Å². The van der Waals surface area contributed by atoms with Gasteiger partial charge in [-0.05, 0) is 46.8 Å². The molecular formula is C20H26N4O. The van der Waals surface area contributed by atoms with Gasteiger partial charge in [0.1, 0.15) is 6.26 Å². The van der Waals surface area contributed by atoms with Crippen LogP contribution in [-0.2, 0) is 13.1 Å². The second kappa shape index (κ2) is 7.23. The molecule has 0 aliphatic heterocycles. The van der Waals surface area contributed by atoms with Gasteiger partial charge in [0.05, 0.1) is 11.4 Å². The van der Waals surface area contributed by atoms with Crippen molar-refractivity contribution in [2.75, 3.05) is 0 Å². The first-order valence-electron chi connectivity index (χ1n) is 8.78. The molecule has 1 N–H and O–H groups in total. The van der Waals surface area contributed by atoms with Crippen LogP contribution in [0.3, 0.4) is 0 Å². The third-order valence-electron chi connectivity index (χ3n) is 4.61. The van der Waals surface area contributed by atoms with Gasteiger partial charge >= 0.3 is 0 Å². The fraction of sp³-hybridized carbons (Fsp3) is 0.400. The second-order valence-corrected chi connectivity index (χ2v) is 6.51. The van der Waals surface area contributed by atoms with Crippen molar-refractivity contribution in [3.8, 4) is 11.5 Å². The molecule has 3 rings (SSSR count). The Morgan fingerprint density at radius 2 is 1.88 bits per heavy atom. The summed E-state index contributed by atoms with van der Waals surface area (Å²) in [5, 5.41) is 8.13. The number of hydrogen-bond donors (Lipinski definition) is 1. The zero-order valence-corrected chi connectivity index (χ0v) is 15.6. The van der Waals surface area contributed by atoms with Crippen molar-refractivity contribution >= 4 is 0 Å². The summed E-state index contributed by atoms with van der Waals surface area (Å²) < 4.78 is 7.68. The van der Waals surface area contributed by atoms with Crippen LogP contribution in [-0.4, -0.2) is 14.8 Å². The Balaban J connectivity index is 1.68. The van der Waals surface area contributed by atoms with Crippen LogP contribution in [0.15, 0.2) is 34.9 Å². The molecular weight excluding hydrogens is 312 g/mol. The van der Waals surface area contributed by atoms with Crippen molar-refractivity contribution < 1.29 is 4.42 Å². The van der Waals surface area contributed by atoms with E-state index >= 15 is 0 Å². The van der Waals surface area contributed by atoms with E-state index in [1.807, 2.05) is 12.1 Å². The number of nitrogens with zero attached hydrogens (tertiary/aromatic N) is 3. The fourth-order valence-electron chi connectivity index (χ4n) is 3.22. The minimum absolute atomic E-state index is 0.208. The van der Waals surface area contributed by atoms with E-state index in [-0.39, 0.29) is 6.04 Å². The lowest BCUT2D eigenvalue weighted by atomic mass is 10.1. The fourth-order valence-corrected chi connectivity index (χ4v) is 3.22. The van der Waals surface area contributed by atoms with Crippen LogP contribution in [0.1, 0.15) is 48.1 Å². The Kier molecular flexibility index (Phi) is 5.04. The monoisotopic (exact) mass is 338 g/mol. The summed E-state index contributed by atoms with van der Waals surface area (Å²) in [6.45, 7) is 12.1. The minimum atomic E-state index is 0.208. The van der Waals surface area contributed by atoms with Gasteiger partial charge in [-0.1, -0.05) is 17.7 Å². The van der Waals surface area contributed by atoms with E-state index < -0.39 is 0 Å². The Morgan fingerprint density at radius 3 is 2.52 bits per heavy atom. The van der Waals surface area contributed by atoms with Gasteiger partial charge in [0.25, 0.3) is 0 Å². The van der Waals surface area contributed by atoms with Crippen molar-refractivity contribution in [2.24, 2.45) is 0 Å². The second-order valence-electron chi connectivity index (χ2n) is 6.51. The molecule has 2 heterocycles. The largest absolute Gasteiger partial charge is 0.444 e. The van der Waals surface area contributed by atoms with Crippen LogP contribution in [0.4, 0.5) is 0 Å². The van der Waals surface area contributed by atoms with Gasteiger partial charge in [-0.25, -0.2) is 4.98 Å². The lowest BCUT2D eigenvalue weighted by Gasteiger charge is -2.14. The molecule has 0 saturated heterocycles. The molecule has 0 bridgehead atoms. The maximum absolute atomic E-state index is 5.63. The van der Waals surface area contributed by atoms with E-state index in [1.54, 1.807) is 6.26 Å². The molecule has 0 saturated carbocycles. The summed E-state index contributed by atoms with van der Waals surface area (Å²) in [5.74, 6) is 0.663. The van der Waals surface area contributed by atoms with Gasteiger partial charge in [-0.3, -0.25) is 4.68 Å². The Bertz CT molecular complexity index is 845. The third kappa shape index (κ3) is 3.66. The molecule has 3 aromatic rings. The molecule has 0 radical (unpaired) electrons. The van der Waals surface area contributed by atoms with Crippen LogP contribution >= 0.6 is 0 Å². The quantitative estimate of drug-likeness (QED) is 0.726. The number of aryl methyl sites for hydroxylation is 3. The summed E-state index contributed by atoms with van der Waals surface area (Å²) in [7, 11) is 0. The Hall–Kier alpha value is -2.40. The Labute approximate surface area is 149 Å². The molecule has 5 heteroatoms. The maximum atomic E-state index is 5.63. The molecule has 0 aliphatic carbocycles.